The molecule has 0 aliphatic heterocycles. The molecule has 11 heteroatoms. The molecule has 0 unspecified atom stereocenters. The second-order valence-corrected chi connectivity index (χ2v) is 7.44. The van der Waals surface area contributed by atoms with E-state index in [1.807, 2.05) is 0 Å². The van der Waals surface area contributed by atoms with Crippen LogP contribution in [0.3, 0.4) is 0 Å². The van der Waals surface area contributed by atoms with Crippen LogP contribution in [0.5, 0.6) is 0 Å². The molecule has 2 aromatic rings. The molecule has 122 valence electrons. The molecular formula is C12H11Cl2N5O3S. The summed E-state index contributed by atoms with van der Waals surface area (Å²) in [7, 11) is -3.82. The maximum absolute atomic E-state index is 12.3. The van der Waals surface area contributed by atoms with Crippen LogP contribution in [-0.4, -0.2) is 35.5 Å². The number of benzene rings is 1. The molecule has 1 amide bonds. The molecule has 1 saturated carbocycles. The van der Waals surface area contributed by atoms with E-state index >= 15 is 0 Å². The Morgan fingerprint density at radius 1 is 1.26 bits per heavy atom. The number of H-pyrrole nitrogens is 1. The summed E-state index contributed by atoms with van der Waals surface area (Å²) in [5.74, 6) is -0.521. The quantitative estimate of drug-likeness (QED) is 0.736. The number of amides is 1. The van der Waals surface area contributed by atoms with E-state index in [-0.39, 0.29) is 32.5 Å². The van der Waals surface area contributed by atoms with Gasteiger partial charge in [0.15, 0.2) is 0 Å². The fourth-order valence-corrected chi connectivity index (χ4v) is 4.00. The van der Waals surface area contributed by atoms with Crippen LogP contribution in [0.25, 0.3) is 0 Å². The Kier molecular flexibility index (Phi) is 4.28. The third kappa shape index (κ3) is 3.63. The van der Waals surface area contributed by atoms with Crippen molar-refractivity contribution in [1.82, 2.24) is 19.9 Å². The number of carbonyl (C=O) groups is 1. The van der Waals surface area contributed by atoms with Gasteiger partial charge in [-0.3, -0.25) is 10.1 Å². The number of anilines is 1. The molecule has 23 heavy (non-hydrogen) atoms. The highest BCUT2D eigenvalue weighted by molar-refractivity contribution is 7.89. The summed E-state index contributed by atoms with van der Waals surface area (Å²) in [5.41, 5.74) is -0.0383. The number of aromatic nitrogens is 3. The van der Waals surface area contributed by atoms with Crippen LogP contribution in [-0.2, 0) is 10.0 Å². The number of nitrogens with one attached hydrogen (secondary N) is 3. The maximum atomic E-state index is 12.3. The fraction of sp³-hybridized carbons (Fsp3) is 0.250. The molecular weight excluding hydrogens is 365 g/mol. The first-order valence-electron chi connectivity index (χ1n) is 6.55. The van der Waals surface area contributed by atoms with Gasteiger partial charge in [0.1, 0.15) is 11.2 Å². The Hall–Kier alpha value is -1.68. The molecule has 0 saturated heterocycles. The zero-order valence-corrected chi connectivity index (χ0v) is 13.8. The lowest BCUT2D eigenvalue weighted by atomic mass is 10.2. The standard InChI is InChI=1S/C12H11Cl2N5O3S/c13-8-4-9(14)10(23(21,22)19-6-1-2-6)3-7(8)11(20)17-12-15-5-16-18-12/h3-6,19H,1-2H2,(H2,15,16,17,18,20). The summed E-state index contributed by atoms with van der Waals surface area (Å²) in [4.78, 5) is 15.8. The van der Waals surface area contributed by atoms with Crippen molar-refractivity contribution in [2.75, 3.05) is 5.32 Å². The molecule has 0 radical (unpaired) electrons. The molecule has 1 fully saturated rings. The first-order chi connectivity index (χ1) is 10.9. The average molecular weight is 376 g/mol. The molecule has 1 aromatic heterocycles. The monoisotopic (exact) mass is 375 g/mol. The number of carbonyl (C=O) groups excluding carboxylic acids is 1. The van der Waals surface area contributed by atoms with Gasteiger partial charge in [-0.25, -0.2) is 18.2 Å². The predicted octanol–water partition coefficient (Wildman–Crippen LogP) is 1.80. The Bertz CT molecular complexity index is 850. The lowest BCUT2D eigenvalue weighted by Crippen LogP contribution is -2.26. The lowest BCUT2D eigenvalue weighted by molar-refractivity contribution is 0.102. The number of hydrogen-bond donors (Lipinski definition) is 3. The van der Waals surface area contributed by atoms with Crippen LogP contribution >= 0.6 is 23.2 Å². The van der Waals surface area contributed by atoms with E-state index in [9.17, 15) is 13.2 Å². The van der Waals surface area contributed by atoms with Gasteiger partial charge >= 0.3 is 0 Å². The number of nitrogens with zero attached hydrogens (tertiary/aromatic N) is 2. The van der Waals surface area contributed by atoms with E-state index < -0.39 is 15.9 Å². The van der Waals surface area contributed by atoms with Crippen LogP contribution < -0.4 is 10.0 Å². The molecule has 1 aliphatic rings. The van der Waals surface area contributed by atoms with Gasteiger partial charge in [0.25, 0.3) is 5.91 Å². The largest absolute Gasteiger partial charge is 0.291 e. The van der Waals surface area contributed by atoms with Crippen LogP contribution in [0.1, 0.15) is 23.2 Å². The number of hydrogen-bond acceptors (Lipinski definition) is 5. The smallest absolute Gasteiger partial charge is 0.259 e. The molecule has 0 bridgehead atoms. The van der Waals surface area contributed by atoms with E-state index in [1.54, 1.807) is 0 Å². The van der Waals surface area contributed by atoms with E-state index in [4.69, 9.17) is 23.2 Å². The Morgan fingerprint density at radius 2 is 2.00 bits per heavy atom. The Balaban J connectivity index is 1.94. The zero-order chi connectivity index (χ0) is 16.6. The minimum atomic E-state index is -3.82. The predicted molar refractivity (Wildman–Crippen MR) is 84.1 cm³/mol. The highest BCUT2D eigenvalue weighted by Gasteiger charge is 2.30. The first kappa shape index (κ1) is 16.2. The summed E-state index contributed by atoms with van der Waals surface area (Å²) in [5, 5.41) is 8.43. The van der Waals surface area contributed by atoms with Gasteiger partial charge in [-0.05, 0) is 25.0 Å². The third-order valence-electron chi connectivity index (χ3n) is 3.10. The molecule has 1 heterocycles. The molecule has 1 aromatic carbocycles. The molecule has 3 N–H and O–H groups in total. The number of sulfonamides is 1. The van der Waals surface area contributed by atoms with Gasteiger partial charge in [-0.1, -0.05) is 23.2 Å². The van der Waals surface area contributed by atoms with Crippen LogP contribution in [0.4, 0.5) is 5.95 Å². The number of aromatic amines is 1. The summed E-state index contributed by atoms with van der Waals surface area (Å²) >= 11 is 12.0. The minimum Gasteiger partial charge on any atom is -0.291 e. The lowest BCUT2D eigenvalue weighted by Gasteiger charge is -2.11. The number of rotatable bonds is 5. The van der Waals surface area contributed by atoms with Crippen molar-refractivity contribution < 1.29 is 13.2 Å². The second-order valence-electron chi connectivity index (χ2n) is 4.95. The van der Waals surface area contributed by atoms with E-state index in [0.717, 1.165) is 18.9 Å². The van der Waals surface area contributed by atoms with E-state index in [1.165, 1.54) is 12.4 Å². The molecule has 3 rings (SSSR count). The summed E-state index contributed by atoms with van der Waals surface area (Å²) in [6, 6.07) is 2.28. The fourth-order valence-electron chi connectivity index (χ4n) is 1.83. The first-order valence-corrected chi connectivity index (χ1v) is 8.79. The van der Waals surface area contributed by atoms with Crippen molar-refractivity contribution in [3.63, 3.8) is 0 Å². The molecule has 0 spiro atoms. The van der Waals surface area contributed by atoms with Crippen molar-refractivity contribution in [1.29, 1.82) is 0 Å². The minimum absolute atomic E-state index is 0.0254. The maximum Gasteiger partial charge on any atom is 0.259 e. The Labute approximate surface area is 141 Å². The SMILES string of the molecule is O=C(Nc1ncn[nH]1)c1cc(S(=O)(=O)NC2CC2)c(Cl)cc1Cl. The summed E-state index contributed by atoms with van der Waals surface area (Å²) < 4.78 is 27.1. The molecule has 0 atom stereocenters. The van der Waals surface area contributed by atoms with Crippen molar-refractivity contribution >= 4 is 45.1 Å². The second kappa shape index (κ2) is 6.08. The topological polar surface area (TPSA) is 117 Å². The van der Waals surface area contributed by atoms with Crippen molar-refractivity contribution in [3.8, 4) is 0 Å². The Morgan fingerprint density at radius 3 is 2.61 bits per heavy atom. The van der Waals surface area contributed by atoms with Crippen LogP contribution in [0.15, 0.2) is 23.4 Å². The van der Waals surface area contributed by atoms with Gasteiger partial charge < -0.3 is 0 Å². The average Bonchev–Trinajstić information content (AvgIpc) is 3.10. The summed E-state index contributed by atoms with van der Waals surface area (Å²) in [6.45, 7) is 0. The number of halogens is 2. The van der Waals surface area contributed by atoms with Crippen LogP contribution in [0.2, 0.25) is 10.0 Å². The normalized spacial score (nSPS) is 14.7. The van der Waals surface area contributed by atoms with Crippen LogP contribution in [0, 0.1) is 0 Å². The van der Waals surface area contributed by atoms with Gasteiger partial charge in [0.2, 0.25) is 16.0 Å². The van der Waals surface area contributed by atoms with Crippen molar-refractivity contribution in [2.24, 2.45) is 0 Å². The summed E-state index contributed by atoms with van der Waals surface area (Å²) in [6.07, 6.45) is 2.78. The van der Waals surface area contributed by atoms with Gasteiger partial charge in [-0.2, -0.15) is 10.1 Å². The highest BCUT2D eigenvalue weighted by atomic mass is 35.5. The third-order valence-corrected chi connectivity index (χ3v) is 5.40. The van der Waals surface area contributed by atoms with Gasteiger partial charge in [0.05, 0.1) is 15.6 Å². The molecule has 1 aliphatic carbocycles. The highest BCUT2D eigenvalue weighted by Crippen LogP contribution is 2.30. The van der Waals surface area contributed by atoms with Gasteiger partial charge in [0, 0.05) is 6.04 Å². The van der Waals surface area contributed by atoms with Gasteiger partial charge in [-0.15, -0.1) is 0 Å². The van der Waals surface area contributed by atoms with E-state index in [2.05, 4.69) is 25.2 Å². The van der Waals surface area contributed by atoms with E-state index in [0.29, 0.717) is 0 Å². The molecule has 8 nitrogen and oxygen atoms in total. The zero-order valence-electron chi connectivity index (χ0n) is 11.5. The van der Waals surface area contributed by atoms with Crippen molar-refractivity contribution in [3.05, 3.63) is 34.1 Å². The van der Waals surface area contributed by atoms with Crippen molar-refractivity contribution in [2.45, 2.75) is 23.8 Å².